The molecule has 0 spiro atoms. The minimum absolute atomic E-state index is 0.298. The smallest absolute Gasteiger partial charge is 0.335 e. The van der Waals surface area contributed by atoms with Crippen molar-refractivity contribution in [3.63, 3.8) is 0 Å². The Morgan fingerprint density at radius 1 is 1.14 bits per heavy atom. The molecule has 0 aliphatic carbocycles. The van der Waals surface area contributed by atoms with E-state index in [-0.39, 0.29) is 0 Å². The highest BCUT2D eigenvalue weighted by molar-refractivity contribution is 7.51. The Labute approximate surface area is 88.3 Å². The van der Waals surface area contributed by atoms with Crippen molar-refractivity contribution in [2.45, 2.75) is 6.92 Å². The Morgan fingerprint density at radius 3 is 1.93 bits per heavy atom. The highest BCUT2D eigenvalue weighted by atomic mass is 32.1. The maximum absolute atomic E-state index is 8.69. The third-order valence-corrected chi connectivity index (χ3v) is 2.33. The van der Waals surface area contributed by atoms with E-state index in [0.717, 1.165) is 39.3 Å². The molecule has 0 aromatic rings. The number of aliphatic hydroxyl groups is 1. The lowest BCUT2D eigenvalue weighted by molar-refractivity contribution is 0.116. The predicted molar refractivity (Wildman–Crippen MR) is 54.6 cm³/mol. The van der Waals surface area contributed by atoms with Crippen LogP contribution in [0.3, 0.4) is 0 Å². The van der Waals surface area contributed by atoms with Crippen molar-refractivity contribution < 1.29 is 13.5 Å². The second kappa shape index (κ2) is 9.26. The average Bonchev–Trinajstić information content (AvgIpc) is 2.21. The predicted octanol–water partition coefficient (Wildman–Crippen LogP) is -1.05. The normalized spacial score (nSPS) is 18.4. The zero-order chi connectivity index (χ0) is 10.8. The van der Waals surface area contributed by atoms with Crippen LogP contribution in [0.25, 0.3) is 0 Å². The van der Waals surface area contributed by atoms with Crippen LogP contribution in [0.5, 0.6) is 0 Å². The number of β-amino-alcohol motifs (C(OH)–C–C–N with tert-alkyl or cyclic N) is 1. The molecule has 84 valence electrons. The maximum atomic E-state index is 8.69. The molecule has 1 heterocycles. The molecule has 5 nitrogen and oxygen atoms in total. The molecule has 0 saturated carbocycles. The first-order valence-electron chi connectivity index (χ1n) is 4.75. The topological polar surface area (TPSA) is 60.9 Å². The van der Waals surface area contributed by atoms with Gasteiger partial charge in [0.05, 0.1) is 6.61 Å². The van der Waals surface area contributed by atoms with Crippen molar-refractivity contribution in [1.29, 1.82) is 0 Å². The molecule has 1 aliphatic rings. The summed E-state index contributed by atoms with van der Waals surface area (Å²) in [6.07, 6.45) is 0. The second-order valence-corrected chi connectivity index (χ2v) is 3.20. The van der Waals surface area contributed by atoms with E-state index >= 15 is 0 Å². The van der Waals surface area contributed by atoms with Gasteiger partial charge in [-0.3, -0.25) is 4.90 Å². The van der Waals surface area contributed by atoms with Crippen LogP contribution < -0.4 is 0 Å². The van der Waals surface area contributed by atoms with Crippen LogP contribution in [0.1, 0.15) is 6.92 Å². The fraction of sp³-hybridized carbons (Fsp3) is 1.00. The van der Waals surface area contributed by atoms with Crippen molar-refractivity contribution >= 4 is 11.6 Å². The molecule has 6 heteroatoms. The highest BCUT2D eigenvalue weighted by Crippen LogP contribution is 1.99. The van der Waals surface area contributed by atoms with Crippen LogP contribution in [-0.2, 0) is 11.6 Å². The summed E-state index contributed by atoms with van der Waals surface area (Å²) in [5, 5.41) is 8.69. The number of hydrogen-bond donors (Lipinski definition) is 1. The zero-order valence-corrected chi connectivity index (χ0v) is 9.33. The minimum atomic E-state index is -0.750. The SMILES string of the molecule is CCN1CCN(CCO)CC1.O=S=O. The van der Waals surface area contributed by atoms with Gasteiger partial charge in [-0.1, -0.05) is 6.92 Å². The first kappa shape index (κ1) is 13.7. The lowest BCUT2D eigenvalue weighted by atomic mass is 10.3. The molecule has 0 unspecified atom stereocenters. The molecule has 14 heavy (non-hydrogen) atoms. The minimum Gasteiger partial charge on any atom is -0.395 e. The largest absolute Gasteiger partial charge is 0.395 e. The summed E-state index contributed by atoms with van der Waals surface area (Å²) < 4.78 is 16.6. The third kappa shape index (κ3) is 6.20. The van der Waals surface area contributed by atoms with Gasteiger partial charge in [0.25, 0.3) is 0 Å². The fourth-order valence-electron chi connectivity index (χ4n) is 1.47. The fourth-order valence-corrected chi connectivity index (χ4v) is 1.47. The van der Waals surface area contributed by atoms with Gasteiger partial charge in [-0.25, -0.2) is 0 Å². The standard InChI is InChI=1S/C8H18N2O.O2S/c1-2-9-3-5-10(6-4-9)7-8-11;1-3-2/h11H,2-8H2,1H3;. The Morgan fingerprint density at radius 2 is 1.57 bits per heavy atom. The molecule has 1 saturated heterocycles. The van der Waals surface area contributed by atoms with E-state index in [1.165, 1.54) is 0 Å². The molecule has 1 rings (SSSR count). The van der Waals surface area contributed by atoms with Crippen LogP contribution >= 0.6 is 0 Å². The van der Waals surface area contributed by atoms with Gasteiger partial charge in [-0.15, -0.1) is 0 Å². The highest BCUT2D eigenvalue weighted by Gasteiger charge is 2.13. The van der Waals surface area contributed by atoms with Gasteiger partial charge in [-0.05, 0) is 6.54 Å². The number of rotatable bonds is 3. The van der Waals surface area contributed by atoms with Crippen molar-refractivity contribution in [3.8, 4) is 0 Å². The van der Waals surface area contributed by atoms with Gasteiger partial charge in [0, 0.05) is 32.7 Å². The summed E-state index contributed by atoms with van der Waals surface area (Å²) in [5.74, 6) is 0. The van der Waals surface area contributed by atoms with Gasteiger partial charge >= 0.3 is 11.6 Å². The Hall–Kier alpha value is -0.300. The van der Waals surface area contributed by atoms with Gasteiger partial charge in [0.15, 0.2) is 0 Å². The molecule has 0 bridgehead atoms. The van der Waals surface area contributed by atoms with Crippen LogP contribution in [0.2, 0.25) is 0 Å². The molecular weight excluding hydrogens is 204 g/mol. The summed E-state index contributed by atoms with van der Waals surface area (Å²) in [4.78, 5) is 4.75. The molecule has 0 aromatic heterocycles. The van der Waals surface area contributed by atoms with E-state index < -0.39 is 11.6 Å². The summed E-state index contributed by atoms with van der Waals surface area (Å²) in [5.41, 5.74) is 0. The van der Waals surface area contributed by atoms with E-state index in [0.29, 0.717) is 6.61 Å². The first-order chi connectivity index (χ1) is 6.78. The summed E-state index contributed by atoms with van der Waals surface area (Å²) >= 11 is -0.750. The Balaban J connectivity index is 0.000000500. The molecule has 0 radical (unpaired) electrons. The average molecular weight is 222 g/mol. The van der Waals surface area contributed by atoms with Crippen LogP contribution in [-0.4, -0.2) is 69.2 Å². The molecule has 0 amide bonds. The maximum Gasteiger partial charge on any atom is 0.335 e. The lowest BCUT2D eigenvalue weighted by Gasteiger charge is -2.33. The number of hydrogen-bond acceptors (Lipinski definition) is 5. The van der Waals surface area contributed by atoms with Gasteiger partial charge in [0.1, 0.15) is 0 Å². The van der Waals surface area contributed by atoms with E-state index in [1.807, 2.05) is 0 Å². The molecule has 1 aliphatic heterocycles. The number of piperazine rings is 1. The summed E-state index contributed by atoms with van der Waals surface area (Å²) in [7, 11) is 0. The van der Waals surface area contributed by atoms with Crippen molar-refractivity contribution in [2.75, 3.05) is 45.9 Å². The van der Waals surface area contributed by atoms with Gasteiger partial charge < -0.3 is 10.0 Å². The quantitative estimate of drug-likeness (QED) is 0.660. The van der Waals surface area contributed by atoms with Crippen molar-refractivity contribution in [3.05, 3.63) is 0 Å². The van der Waals surface area contributed by atoms with E-state index in [4.69, 9.17) is 13.5 Å². The molecule has 0 aromatic carbocycles. The second-order valence-electron chi connectivity index (χ2n) is 3.07. The number of aliphatic hydroxyl groups excluding tert-OH is 1. The monoisotopic (exact) mass is 222 g/mol. The van der Waals surface area contributed by atoms with E-state index in [2.05, 4.69) is 16.7 Å². The number of likely N-dealkylation sites (N-methyl/N-ethyl adjacent to an activating group) is 1. The van der Waals surface area contributed by atoms with Gasteiger partial charge in [0.2, 0.25) is 0 Å². The van der Waals surface area contributed by atoms with E-state index in [1.54, 1.807) is 0 Å². The Bertz CT molecular complexity index is 166. The molecule has 0 atom stereocenters. The van der Waals surface area contributed by atoms with Crippen molar-refractivity contribution in [1.82, 2.24) is 9.80 Å². The van der Waals surface area contributed by atoms with Crippen LogP contribution in [0.15, 0.2) is 0 Å². The third-order valence-electron chi connectivity index (χ3n) is 2.33. The lowest BCUT2D eigenvalue weighted by Crippen LogP contribution is -2.46. The zero-order valence-electron chi connectivity index (χ0n) is 8.52. The van der Waals surface area contributed by atoms with Crippen LogP contribution in [0.4, 0.5) is 0 Å². The van der Waals surface area contributed by atoms with E-state index in [9.17, 15) is 0 Å². The van der Waals surface area contributed by atoms with Gasteiger partial charge in [-0.2, -0.15) is 8.42 Å². The molecule has 1 fully saturated rings. The first-order valence-corrected chi connectivity index (χ1v) is 5.42. The summed E-state index contributed by atoms with van der Waals surface area (Å²) in [6, 6.07) is 0. The Kier molecular flexibility index (Phi) is 9.06. The van der Waals surface area contributed by atoms with Crippen LogP contribution in [0, 0.1) is 0 Å². The summed E-state index contributed by atoms with van der Waals surface area (Å²) in [6.45, 7) is 9.06. The molecular formula is C8H18N2O3S. The number of nitrogens with zero attached hydrogens (tertiary/aromatic N) is 2. The van der Waals surface area contributed by atoms with Crippen molar-refractivity contribution in [2.24, 2.45) is 0 Å². The molecule has 1 N–H and O–H groups in total.